The summed E-state index contributed by atoms with van der Waals surface area (Å²) >= 11 is 6.59. The van der Waals surface area contributed by atoms with Gasteiger partial charge >= 0.3 is 7.12 Å². The fourth-order valence-corrected chi connectivity index (χ4v) is 3.82. The Labute approximate surface area is 139 Å². The molecule has 2 fully saturated rings. The molecule has 0 bridgehead atoms. The van der Waals surface area contributed by atoms with Crippen molar-refractivity contribution in [2.75, 3.05) is 0 Å². The first kappa shape index (κ1) is 16.4. The summed E-state index contributed by atoms with van der Waals surface area (Å²) in [7, 11) is -0.333. The SMILES string of the molecule is Cc1cc(C2CCCC2)c(Cl)cc1B1OC(C)(C)C(C)(C)O1. The van der Waals surface area contributed by atoms with Crippen LogP contribution in [-0.2, 0) is 9.31 Å². The molecule has 1 saturated carbocycles. The Kier molecular flexibility index (Phi) is 4.12. The van der Waals surface area contributed by atoms with Crippen molar-refractivity contribution in [3.63, 3.8) is 0 Å². The summed E-state index contributed by atoms with van der Waals surface area (Å²) in [6.45, 7) is 10.5. The molecule has 1 aromatic rings. The molecule has 1 heterocycles. The number of benzene rings is 1. The van der Waals surface area contributed by atoms with E-state index in [2.05, 4.69) is 46.8 Å². The van der Waals surface area contributed by atoms with Crippen molar-refractivity contribution in [1.82, 2.24) is 0 Å². The summed E-state index contributed by atoms with van der Waals surface area (Å²) in [5.74, 6) is 0.624. The minimum atomic E-state index is -0.333. The monoisotopic (exact) mass is 320 g/mol. The predicted octanol–water partition coefficient (Wildman–Crippen LogP) is 4.61. The highest BCUT2D eigenvalue weighted by molar-refractivity contribution is 6.63. The van der Waals surface area contributed by atoms with E-state index in [9.17, 15) is 0 Å². The molecule has 0 amide bonds. The van der Waals surface area contributed by atoms with Crippen molar-refractivity contribution in [3.05, 3.63) is 28.3 Å². The van der Waals surface area contributed by atoms with E-state index in [1.54, 1.807) is 0 Å². The Balaban J connectivity index is 1.91. The number of halogens is 1. The van der Waals surface area contributed by atoms with Gasteiger partial charge < -0.3 is 9.31 Å². The van der Waals surface area contributed by atoms with Crippen molar-refractivity contribution >= 4 is 24.2 Å². The van der Waals surface area contributed by atoms with E-state index in [1.807, 2.05) is 0 Å². The molecule has 0 radical (unpaired) electrons. The van der Waals surface area contributed by atoms with Gasteiger partial charge in [-0.2, -0.15) is 0 Å². The third-order valence-corrected chi connectivity index (χ3v) is 6.01. The summed E-state index contributed by atoms with van der Waals surface area (Å²) in [4.78, 5) is 0. The number of hydrogen-bond acceptors (Lipinski definition) is 2. The van der Waals surface area contributed by atoms with Crippen LogP contribution in [0.3, 0.4) is 0 Å². The van der Waals surface area contributed by atoms with Crippen LogP contribution in [-0.4, -0.2) is 18.3 Å². The van der Waals surface area contributed by atoms with E-state index in [-0.39, 0.29) is 18.3 Å². The Bertz CT molecular complexity index is 561. The van der Waals surface area contributed by atoms with Crippen molar-refractivity contribution in [3.8, 4) is 0 Å². The number of hydrogen-bond donors (Lipinski definition) is 0. The van der Waals surface area contributed by atoms with Gasteiger partial charge in [0.15, 0.2) is 0 Å². The van der Waals surface area contributed by atoms with Crippen LogP contribution in [0.4, 0.5) is 0 Å². The first-order valence-electron chi connectivity index (χ1n) is 8.37. The molecule has 1 aliphatic carbocycles. The number of rotatable bonds is 2. The van der Waals surface area contributed by atoms with Crippen LogP contribution < -0.4 is 5.46 Å². The van der Waals surface area contributed by atoms with Crippen molar-refractivity contribution in [1.29, 1.82) is 0 Å². The van der Waals surface area contributed by atoms with Gasteiger partial charge in [0.05, 0.1) is 11.2 Å². The molecule has 2 nitrogen and oxygen atoms in total. The van der Waals surface area contributed by atoms with Crippen LogP contribution in [0.15, 0.2) is 12.1 Å². The van der Waals surface area contributed by atoms with E-state index < -0.39 is 0 Å². The smallest absolute Gasteiger partial charge is 0.399 e. The Morgan fingerprint density at radius 1 is 1.05 bits per heavy atom. The third kappa shape index (κ3) is 2.72. The largest absolute Gasteiger partial charge is 0.495 e. The van der Waals surface area contributed by atoms with Crippen LogP contribution >= 0.6 is 11.6 Å². The van der Waals surface area contributed by atoms with Gasteiger partial charge in [-0.25, -0.2) is 0 Å². The molecule has 1 aliphatic heterocycles. The topological polar surface area (TPSA) is 18.5 Å². The van der Waals surface area contributed by atoms with E-state index in [0.717, 1.165) is 10.5 Å². The van der Waals surface area contributed by atoms with E-state index in [4.69, 9.17) is 20.9 Å². The first-order valence-corrected chi connectivity index (χ1v) is 8.75. The van der Waals surface area contributed by atoms with Crippen LogP contribution in [0.25, 0.3) is 0 Å². The summed E-state index contributed by atoms with van der Waals surface area (Å²) < 4.78 is 12.3. The Morgan fingerprint density at radius 2 is 1.59 bits per heavy atom. The highest BCUT2D eigenvalue weighted by atomic mass is 35.5. The lowest BCUT2D eigenvalue weighted by molar-refractivity contribution is 0.00578. The molecule has 22 heavy (non-hydrogen) atoms. The Hall–Kier alpha value is -0.505. The molecule has 0 unspecified atom stereocenters. The maximum atomic E-state index is 6.59. The van der Waals surface area contributed by atoms with E-state index in [0.29, 0.717) is 5.92 Å². The second-order valence-corrected chi connectivity index (χ2v) is 8.21. The lowest BCUT2D eigenvalue weighted by atomic mass is 9.75. The number of aryl methyl sites for hydroxylation is 1. The highest BCUT2D eigenvalue weighted by Crippen LogP contribution is 2.39. The molecule has 120 valence electrons. The average molecular weight is 321 g/mol. The zero-order valence-corrected chi connectivity index (χ0v) is 15.1. The van der Waals surface area contributed by atoms with Crippen molar-refractivity contribution in [2.24, 2.45) is 0 Å². The molecule has 4 heteroatoms. The zero-order valence-electron chi connectivity index (χ0n) is 14.3. The molecule has 0 N–H and O–H groups in total. The van der Waals surface area contributed by atoms with Gasteiger partial charge in [0.25, 0.3) is 0 Å². The minimum absolute atomic E-state index is 0.319. The van der Waals surface area contributed by atoms with Gasteiger partial charge in [-0.05, 0) is 70.5 Å². The molecule has 0 aromatic heterocycles. The maximum absolute atomic E-state index is 6.59. The average Bonchev–Trinajstić information content (AvgIpc) is 2.99. The second-order valence-electron chi connectivity index (χ2n) is 7.80. The van der Waals surface area contributed by atoms with Crippen LogP contribution in [0.2, 0.25) is 5.02 Å². The summed E-state index contributed by atoms with van der Waals surface area (Å²) in [6.07, 6.45) is 5.15. The standard InChI is InChI=1S/C18H26BClO2/c1-12-10-14(13-8-6-7-9-13)16(20)11-15(12)19-21-17(2,3)18(4,5)22-19/h10-11,13H,6-9H2,1-5H3. The fraction of sp³-hybridized carbons (Fsp3) is 0.667. The highest BCUT2D eigenvalue weighted by Gasteiger charge is 2.52. The summed E-state index contributed by atoms with van der Waals surface area (Å²) in [5.41, 5.74) is 2.94. The molecule has 0 spiro atoms. The van der Waals surface area contributed by atoms with Gasteiger partial charge in [-0.15, -0.1) is 0 Å². The van der Waals surface area contributed by atoms with Crippen molar-refractivity contribution < 1.29 is 9.31 Å². The molecule has 0 atom stereocenters. The molecule has 2 aliphatic rings. The molecule has 3 rings (SSSR count). The predicted molar refractivity (Wildman–Crippen MR) is 93.1 cm³/mol. The van der Waals surface area contributed by atoms with E-state index >= 15 is 0 Å². The van der Waals surface area contributed by atoms with E-state index in [1.165, 1.54) is 36.8 Å². The van der Waals surface area contributed by atoms with Crippen molar-refractivity contribution in [2.45, 2.75) is 77.4 Å². The summed E-state index contributed by atoms with van der Waals surface area (Å²) in [5, 5.41) is 0.863. The fourth-order valence-electron chi connectivity index (χ4n) is 3.49. The first-order chi connectivity index (χ1) is 10.2. The normalized spacial score (nSPS) is 24.2. The summed E-state index contributed by atoms with van der Waals surface area (Å²) in [6, 6.07) is 4.31. The molecule has 1 aromatic carbocycles. The van der Waals surface area contributed by atoms with Gasteiger partial charge in [-0.3, -0.25) is 0 Å². The molecular weight excluding hydrogens is 294 g/mol. The molecule has 1 saturated heterocycles. The van der Waals surface area contributed by atoms with Crippen LogP contribution in [0, 0.1) is 6.92 Å². The zero-order chi connectivity index (χ0) is 16.1. The maximum Gasteiger partial charge on any atom is 0.495 e. The Morgan fingerprint density at radius 3 is 2.14 bits per heavy atom. The van der Waals surface area contributed by atoms with Crippen LogP contribution in [0.5, 0.6) is 0 Å². The second kappa shape index (κ2) is 5.54. The lowest BCUT2D eigenvalue weighted by Gasteiger charge is -2.32. The quantitative estimate of drug-likeness (QED) is 0.741. The minimum Gasteiger partial charge on any atom is -0.399 e. The van der Waals surface area contributed by atoms with Crippen LogP contribution in [0.1, 0.15) is 70.4 Å². The van der Waals surface area contributed by atoms with Gasteiger partial charge in [0, 0.05) is 5.02 Å². The van der Waals surface area contributed by atoms with Gasteiger partial charge in [0.2, 0.25) is 0 Å². The van der Waals surface area contributed by atoms with Gasteiger partial charge in [0.1, 0.15) is 0 Å². The third-order valence-electron chi connectivity index (χ3n) is 5.69. The van der Waals surface area contributed by atoms with Gasteiger partial charge in [-0.1, -0.05) is 36.1 Å². The lowest BCUT2D eigenvalue weighted by Crippen LogP contribution is -2.41. The molecular formula is C18H26BClO2.